The summed E-state index contributed by atoms with van der Waals surface area (Å²) in [4.78, 5) is 21.3. The van der Waals surface area contributed by atoms with Crippen LogP contribution in [0.4, 0.5) is 10.1 Å². The molecule has 22 heavy (non-hydrogen) atoms. The molecule has 0 aliphatic carbocycles. The number of nitrogens with zero attached hydrogens (tertiary/aromatic N) is 3. The third kappa shape index (κ3) is 2.85. The van der Waals surface area contributed by atoms with Gasteiger partial charge in [-0.05, 0) is 18.9 Å². The zero-order valence-electron chi connectivity index (χ0n) is 12.0. The number of carbonyl (C=O) groups is 1. The van der Waals surface area contributed by atoms with Crippen molar-refractivity contribution in [1.82, 2.24) is 9.97 Å². The van der Waals surface area contributed by atoms with Gasteiger partial charge in [-0.2, -0.15) is 0 Å². The molecular formula is C15H17FN4O2. The molecule has 0 radical (unpaired) electrons. The van der Waals surface area contributed by atoms with Crippen LogP contribution in [0.1, 0.15) is 19.3 Å². The van der Waals surface area contributed by atoms with Crippen LogP contribution in [0.25, 0.3) is 11.0 Å². The molecule has 1 amide bonds. The van der Waals surface area contributed by atoms with Gasteiger partial charge in [0.25, 0.3) is 0 Å². The molecule has 1 fully saturated rings. The van der Waals surface area contributed by atoms with Crippen molar-refractivity contribution in [2.75, 3.05) is 18.0 Å². The normalized spacial score (nSPS) is 22.0. The Kier molecular flexibility index (Phi) is 3.66. The van der Waals surface area contributed by atoms with Crippen LogP contribution >= 0.6 is 0 Å². The lowest BCUT2D eigenvalue weighted by atomic mass is 9.89. The van der Waals surface area contributed by atoms with E-state index in [-0.39, 0.29) is 13.0 Å². The van der Waals surface area contributed by atoms with Crippen molar-refractivity contribution in [2.45, 2.75) is 24.9 Å². The van der Waals surface area contributed by atoms with Crippen LogP contribution in [0.3, 0.4) is 0 Å². The number of amides is 1. The van der Waals surface area contributed by atoms with E-state index in [0.717, 1.165) is 24.8 Å². The number of halogens is 1. The van der Waals surface area contributed by atoms with E-state index in [0.29, 0.717) is 17.5 Å². The van der Waals surface area contributed by atoms with Crippen molar-refractivity contribution in [3.05, 3.63) is 30.3 Å². The minimum Gasteiger partial charge on any atom is -0.388 e. The van der Waals surface area contributed by atoms with Gasteiger partial charge in [0, 0.05) is 25.4 Å². The summed E-state index contributed by atoms with van der Waals surface area (Å²) in [5.41, 5.74) is 5.89. The van der Waals surface area contributed by atoms with Gasteiger partial charge in [0.15, 0.2) is 0 Å². The van der Waals surface area contributed by atoms with E-state index in [9.17, 15) is 14.3 Å². The molecule has 2 aromatic heterocycles. The van der Waals surface area contributed by atoms with Crippen molar-refractivity contribution in [3.63, 3.8) is 0 Å². The Morgan fingerprint density at radius 1 is 1.50 bits per heavy atom. The fourth-order valence-corrected chi connectivity index (χ4v) is 3.03. The van der Waals surface area contributed by atoms with Gasteiger partial charge in [-0.25, -0.2) is 9.37 Å². The van der Waals surface area contributed by atoms with E-state index in [4.69, 9.17) is 5.73 Å². The number of aliphatic hydroxyl groups is 1. The van der Waals surface area contributed by atoms with Crippen LogP contribution in [0.15, 0.2) is 24.5 Å². The number of piperidine rings is 1. The Hall–Kier alpha value is -2.28. The maximum absolute atomic E-state index is 13.3. The fraction of sp³-hybridized carbons (Fsp3) is 0.400. The molecular weight excluding hydrogens is 287 g/mol. The molecule has 1 aliphatic rings. The molecule has 1 unspecified atom stereocenters. The van der Waals surface area contributed by atoms with Gasteiger partial charge in [-0.3, -0.25) is 9.78 Å². The predicted octanol–water partition coefficient (Wildman–Crippen LogP) is 0.976. The van der Waals surface area contributed by atoms with Crippen LogP contribution < -0.4 is 10.6 Å². The first-order valence-corrected chi connectivity index (χ1v) is 7.13. The number of aromatic nitrogens is 2. The maximum Gasteiger partial charge on any atom is 0.220 e. The Morgan fingerprint density at radius 2 is 2.32 bits per heavy atom. The number of nitrogens with two attached hydrogens (primary N) is 1. The molecule has 3 N–H and O–H groups in total. The third-order valence-corrected chi connectivity index (χ3v) is 3.92. The molecule has 6 nitrogen and oxygen atoms in total. The molecule has 1 aliphatic heterocycles. The number of hydrogen-bond donors (Lipinski definition) is 2. The molecule has 2 aromatic rings. The average molecular weight is 304 g/mol. The van der Waals surface area contributed by atoms with Crippen LogP contribution in [-0.4, -0.2) is 39.7 Å². The summed E-state index contributed by atoms with van der Waals surface area (Å²) in [5.74, 6) is -0.967. The smallest absolute Gasteiger partial charge is 0.220 e. The summed E-state index contributed by atoms with van der Waals surface area (Å²) in [6.07, 6.45) is 3.91. The zero-order chi connectivity index (χ0) is 15.7. The van der Waals surface area contributed by atoms with Crippen LogP contribution in [0.5, 0.6) is 0 Å². The van der Waals surface area contributed by atoms with Gasteiger partial charge in [0.2, 0.25) is 5.91 Å². The lowest BCUT2D eigenvalue weighted by Gasteiger charge is -2.40. The minimum atomic E-state index is -1.14. The van der Waals surface area contributed by atoms with Gasteiger partial charge in [-0.1, -0.05) is 0 Å². The average Bonchev–Trinajstić information content (AvgIpc) is 2.45. The van der Waals surface area contributed by atoms with Crippen molar-refractivity contribution >= 4 is 22.6 Å². The number of anilines is 1. The number of rotatable bonds is 3. The van der Waals surface area contributed by atoms with Gasteiger partial charge >= 0.3 is 0 Å². The van der Waals surface area contributed by atoms with E-state index in [2.05, 4.69) is 9.97 Å². The van der Waals surface area contributed by atoms with E-state index >= 15 is 0 Å². The largest absolute Gasteiger partial charge is 0.388 e. The summed E-state index contributed by atoms with van der Waals surface area (Å²) >= 11 is 0. The van der Waals surface area contributed by atoms with E-state index < -0.39 is 17.3 Å². The first-order valence-electron chi connectivity index (χ1n) is 7.13. The van der Waals surface area contributed by atoms with Gasteiger partial charge < -0.3 is 15.7 Å². The first kappa shape index (κ1) is 14.6. The van der Waals surface area contributed by atoms with Crippen LogP contribution in [-0.2, 0) is 4.79 Å². The van der Waals surface area contributed by atoms with Crippen LogP contribution in [0, 0.1) is 5.82 Å². The number of primary amides is 1. The summed E-state index contributed by atoms with van der Waals surface area (Å²) in [6.45, 7) is 1.01. The van der Waals surface area contributed by atoms with E-state index in [1.165, 1.54) is 6.07 Å². The monoisotopic (exact) mass is 304 g/mol. The quantitative estimate of drug-likeness (QED) is 0.881. The summed E-state index contributed by atoms with van der Waals surface area (Å²) < 4.78 is 13.3. The highest BCUT2D eigenvalue weighted by Gasteiger charge is 2.35. The highest BCUT2D eigenvalue weighted by atomic mass is 19.1. The molecule has 0 aromatic carbocycles. The molecule has 0 spiro atoms. The lowest BCUT2D eigenvalue weighted by Crippen LogP contribution is -2.50. The highest BCUT2D eigenvalue weighted by molar-refractivity contribution is 5.87. The number of fused-ring (bicyclic) bond motifs is 1. The second-order valence-electron chi connectivity index (χ2n) is 5.74. The third-order valence-electron chi connectivity index (χ3n) is 3.92. The molecule has 3 heterocycles. The number of carbonyl (C=O) groups excluding carboxylic acids is 1. The topological polar surface area (TPSA) is 92.3 Å². The maximum atomic E-state index is 13.3. The Bertz CT molecular complexity index is 724. The van der Waals surface area contributed by atoms with Gasteiger partial charge in [0.1, 0.15) is 11.3 Å². The fourth-order valence-electron chi connectivity index (χ4n) is 3.03. The minimum absolute atomic E-state index is 0.0748. The Morgan fingerprint density at radius 3 is 3.09 bits per heavy atom. The predicted molar refractivity (Wildman–Crippen MR) is 79.7 cm³/mol. The lowest BCUT2D eigenvalue weighted by molar-refractivity contribution is -0.123. The zero-order valence-corrected chi connectivity index (χ0v) is 12.0. The second-order valence-corrected chi connectivity index (χ2v) is 5.74. The molecule has 7 heteroatoms. The summed E-state index contributed by atoms with van der Waals surface area (Å²) in [7, 11) is 0. The van der Waals surface area contributed by atoms with Crippen molar-refractivity contribution in [2.24, 2.45) is 5.73 Å². The summed E-state index contributed by atoms with van der Waals surface area (Å²) in [5, 5.41) is 10.6. The molecule has 116 valence electrons. The molecule has 1 atom stereocenters. The van der Waals surface area contributed by atoms with Crippen molar-refractivity contribution < 1.29 is 14.3 Å². The Labute approximate surface area is 126 Å². The molecule has 1 saturated heterocycles. The second kappa shape index (κ2) is 5.49. The number of pyridine rings is 2. The van der Waals surface area contributed by atoms with E-state index in [1.807, 2.05) is 4.90 Å². The molecule has 0 saturated carbocycles. The number of hydrogen-bond acceptors (Lipinski definition) is 5. The van der Waals surface area contributed by atoms with Crippen molar-refractivity contribution in [1.29, 1.82) is 0 Å². The van der Waals surface area contributed by atoms with Gasteiger partial charge in [-0.15, -0.1) is 0 Å². The SMILES string of the molecule is NC(=O)CC1(O)CCCN(c2ccnc3cc(F)cnc23)C1. The number of β-amino-alcohol motifs (C(OH)–C–C–N with tert-alkyl or cyclic N) is 1. The summed E-state index contributed by atoms with van der Waals surface area (Å²) in [6, 6.07) is 3.11. The van der Waals surface area contributed by atoms with Gasteiger partial charge in [0.05, 0.1) is 29.4 Å². The Balaban J connectivity index is 1.95. The molecule has 0 bridgehead atoms. The first-order chi connectivity index (χ1) is 10.5. The molecule has 3 rings (SSSR count). The highest BCUT2D eigenvalue weighted by Crippen LogP contribution is 2.31. The standard InChI is InChI=1S/C15H17FN4O2/c16-10-6-11-14(19-8-10)12(2-4-18-11)20-5-1-3-15(22,9-20)7-13(17)21/h2,4,6,8,22H,1,3,5,7,9H2,(H2,17,21). The van der Waals surface area contributed by atoms with Crippen molar-refractivity contribution in [3.8, 4) is 0 Å². The van der Waals surface area contributed by atoms with Crippen LogP contribution in [0.2, 0.25) is 0 Å². The van der Waals surface area contributed by atoms with E-state index in [1.54, 1.807) is 12.3 Å².